The van der Waals surface area contributed by atoms with Crippen molar-refractivity contribution >= 4 is 10.9 Å². The first kappa shape index (κ1) is 21.6. The van der Waals surface area contributed by atoms with Crippen LogP contribution in [-0.2, 0) is 0 Å². The molecule has 4 N–H and O–H groups in total. The van der Waals surface area contributed by atoms with Crippen molar-refractivity contribution in [1.82, 2.24) is 9.88 Å². The first-order valence-electron chi connectivity index (χ1n) is 10.1. The molecular formula is C22H36N4O. The highest BCUT2D eigenvalue weighted by atomic mass is 16.5. The van der Waals surface area contributed by atoms with Crippen LogP contribution in [0.15, 0.2) is 30.5 Å². The van der Waals surface area contributed by atoms with Crippen molar-refractivity contribution in [3.8, 4) is 5.75 Å². The van der Waals surface area contributed by atoms with Gasteiger partial charge in [-0.3, -0.25) is 9.88 Å². The summed E-state index contributed by atoms with van der Waals surface area (Å²) < 4.78 is 5.41. The summed E-state index contributed by atoms with van der Waals surface area (Å²) in [6.07, 6.45) is 5.92. The van der Waals surface area contributed by atoms with Crippen LogP contribution in [0.5, 0.6) is 5.75 Å². The van der Waals surface area contributed by atoms with Crippen molar-refractivity contribution < 1.29 is 4.74 Å². The Balaban J connectivity index is 2.47. The van der Waals surface area contributed by atoms with E-state index in [9.17, 15) is 0 Å². The zero-order chi connectivity index (χ0) is 20.0. The van der Waals surface area contributed by atoms with Crippen LogP contribution in [0.25, 0.3) is 10.9 Å². The van der Waals surface area contributed by atoms with E-state index in [1.165, 1.54) is 0 Å². The third-order valence-electron chi connectivity index (χ3n) is 5.86. The fourth-order valence-corrected chi connectivity index (χ4v) is 3.62. The SMILES string of the molecule is CCCN(C)C(N)(CCC(C)CC)C(N)c1ccnc2ccc(OC)cc12. The molecule has 0 aliphatic heterocycles. The maximum atomic E-state index is 7.02. The van der Waals surface area contributed by atoms with Gasteiger partial charge in [0.15, 0.2) is 0 Å². The van der Waals surface area contributed by atoms with E-state index < -0.39 is 5.66 Å². The van der Waals surface area contributed by atoms with Gasteiger partial charge in [-0.05, 0) is 68.6 Å². The van der Waals surface area contributed by atoms with Gasteiger partial charge in [-0.25, -0.2) is 0 Å². The quantitative estimate of drug-likeness (QED) is 0.615. The molecule has 27 heavy (non-hydrogen) atoms. The van der Waals surface area contributed by atoms with Gasteiger partial charge in [0.1, 0.15) is 5.75 Å². The Labute approximate surface area is 164 Å². The van der Waals surface area contributed by atoms with Crippen molar-refractivity contribution in [2.45, 2.75) is 58.2 Å². The third kappa shape index (κ3) is 4.78. The van der Waals surface area contributed by atoms with Gasteiger partial charge < -0.3 is 16.2 Å². The summed E-state index contributed by atoms with van der Waals surface area (Å²) >= 11 is 0. The Morgan fingerprint density at radius 3 is 2.63 bits per heavy atom. The molecule has 3 unspecified atom stereocenters. The molecule has 0 amide bonds. The largest absolute Gasteiger partial charge is 0.497 e. The highest BCUT2D eigenvalue weighted by Crippen LogP contribution is 2.34. The number of rotatable bonds is 10. The molecule has 0 spiro atoms. The molecule has 3 atom stereocenters. The first-order chi connectivity index (χ1) is 12.9. The molecule has 2 rings (SSSR count). The number of nitrogens with zero attached hydrogens (tertiary/aromatic N) is 2. The number of likely N-dealkylation sites (N-methyl/N-ethyl adjacent to an activating group) is 1. The van der Waals surface area contributed by atoms with Gasteiger partial charge in [-0.1, -0.05) is 27.2 Å². The van der Waals surface area contributed by atoms with Crippen LogP contribution >= 0.6 is 0 Å². The van der Waals surface area contributed by atoms with Gasteiger partial charge in [0.2, 0.25) is 0 Å². The van der Waals surface area contributed by atoms with Gasteiger partial charge in [0.25, 0.3) is 0 Å². The molecule has 0 saturated carbocycles. The minimum atomic E-state index is -0.614. The molecule has 5 nitrogen and oxygen atoms in total. The van der Waals surface area contributed by atoms with E-state index in [-0.39, 0.29) is 6.04 Å². The number of fused-ring (bicyclic) bond motifs is 1. The highest BCUT2D eigenvalue weighted by molar-refractivity contribution is 5.84. The van der Waals surface area contributed by atoms with Crippen LogP contribution in [0, 0.1) is 5.92 Å². The van der Waals surface area contributed by atoms with Crippen LogP contribution in [0.3, 0.4) is 0 Å². The van der Waals surface area contributed by atoms with Crippen LogP contribution in [-0.4, -0.2) is 36.2 Å². The molecule has 1 aromatic heterocycles. The Hall–Kier alpha value is -1.69. The van der Waals surface area contributed by atoms with Crippen molar-refractivity contribution in [1.29, 1.82) is 0 Å². The molecule has 1 heterocycles. The molecule has 0 saturated heterocycles. The molecule has 0 aliphatic rings. The zero-order valence-corrected chi connectivity index (χ0v) is 17.5. The van der Waals surface area contributed by atoms with Gasteiger partial charge in [-0.15, -0.1) is 0 Å². The maximum absolute atomic E-state index is 7.02. The predicted molar refractivity (Wildman–Crippen MR) is 114 cm³/mol. The summed E-state index contributed by atoms with van der Waals surface area (Å²) in [5, 5.41) is 1.01. The molecule has 1 aromatic carbocycles. The van der Waals surface area contributed by atoms with Crippen molar-refractivity contribution in [2.75, 3.05) is 20.7 Å². The lowest BCUT2D eigenvalue weighted by Crippen LogP contribution is -2.61. The summed E-state index contributed by atoms with van der Waals surface area (Å²) in [6, 6.07) is 7.57. The average Bonchev–Trinajstić information content (AvgIpc) is 2.70. The van der Waals surface area contributed by atoms with Crippen LogP contribution in [0.2, 0.25) is 0 Å². The summed E-state index contributed by atoms with van der Waals surface area (Å²) in [5.74, 6) is 1.43. The highest BCUT2D eigenvalue weighted by Gasteiger charge is 2.38. The molecule has 0 bridgehead atoms. The number of hydrogen-bond donors (Lipinski definition) is 2. The van der Waals surface area contributed by atoms with E-state index >= 15 is 0 Å². The fraction of sp³-hybridized carbons (Fsp3) is 0.591. The monoisotopic (exact) mass is 372 g/mol. The summed E-state index contributed by atoms with van der Waals surface area (Å²) in [4.78, 5) is 6.71. The Morgan fingerprint density at radius 2 is 2.00 bits per heavy atom. The molecule has 0 radical (unpaired) electrons. The van der Waals surface area contributed by atoms with E-state index in [0.717, 1.165) is 54.4 Å². The second kappa shape index (κ2) is 9.49. The Kier molecular flexibility index (Phi) is 7.59. The fourth-order valence-electron chi connectivity index (χ4n) is 3.62. The van der Waals surface area contributed by atoms with Crippen molar-refractivity contribution in [3.63, 3.8) is 0 Å². The topological polar surface area (TPSA) is 77.4 Å². The average molecular weight is 373 g/mol. The van der Waals surface area contributed by atoms with Gasteiger partial charge >= 0.3 is 0 Å². The number of ether oxygens (including phenoxy) is 1. The van der Waals surface area contributed by atoms with Crippen molar-refractivity contribution in [3.05, 3.63) is 36.0 Å². The lowest BCUT2D eigenvalue weighted by molar-refractivity contribution is 0.0777. The van der Waals surface area contributed by atoms with Crippen molar-refractivity contribution in [2.24, 2.45) is 17.4 Å². The molecular weight excluding hydrogens is 336 g/mol. The van der Waals surface area contributed by atoms with Crippen LogP contribution in [0.1, 0.15) is 58.1 Å². The predicted octanol–water partition coefficient (Wildman–Crippen LogP) is 4.07. The molecule has 0 fully saturated rings. The Morgan fingerprint density at radius 1 is 1.26 bits per heavy atom. The van der Waals surface area contributed by atoms with Gasteiger partial charge in [-0.2, -0.15) is 0 Å². The van der Waals surface area contributed by atoms with E-state index in [0.29, 0.717) is 5.92 Å². The number of pyridine rings is 1. The minimum absolute atomic E-state index is 0.323. The van der Waals surface area contributed by atoms with E-state index in [4.69, 9.17) is 16.2 Å². The number of aromatic nitrogens is 1. The number of nitrogens with two attached hydrogens (primary N) is 2. The normalized spacial score (nSPS) is 16.3. The molecule has 0 aliphatic carbocycles. The van der Waals surface area contributed by atoms with E-state index in [1.54, 1.807) is 7.11 Å². The molecule has 5 heteroatoms. The van der Waals surface area contributed by atoms with Gasteiger partial charge in [0.05, 0.1) is 24.3 Å². The number of methoxy groups -OCH3 is 1. The lowest BCUT2D eigenvalue weighted by Gasteiger charge is -2.44. The number of benzene rings is 1. The molecule has 2 aromatic rings. The molecule has 150 valence electrons. The lowest BCUT2D eigenvalue weighted by atomic mass is 9.85. The second-order valence-electron chi connectivity index (χ2n) is 7.73. The standard InChI is InChI=1S/C22H36N4O/c1-6-14-26(4)22(24,12-10-16(3)7-2)21(23)18-11-13-25-20-9-8-17(27-5)15-19(18)20/h8-9,11,13,15-16,21H,6-7,10,12,14,23-24H2,1-5H3. The first-order valence-corrected chi connectivity index (χ1v) is 10.1. The van der Waals surface area contributed by atoms with E-state index in [1.807, 2.05) is 30.5 Å². The summed E-state index contributed by atoms with van der Waals surface area (Å²) in [6.45, 7) is 7.58. The Bertz CT molecular complexity index is 735. The maximum Gasteiger partial charge on any atom is 0.119 e. The minimum Gasteiger partial charge on any atom is -0.497 e. The summed E-state index contributed by atoms with van der Waals surface area (Å²) in [7, 11) is 3.76. The van der Waals surface area contributed by atoms with E-state index in [2.05, 4.69) is 37.7 Å². The summed E-state index contributed by atoms with van der Waals surface area (Å²) in [5.41, 5.74) is 15.2. The zero-order valence-electron chi connectivity index (χ0n) is 17.5. The smallest absolute Gasteiger partial charge is 0.119 e. The third-order valence-corrected chi connectivity index (χ3v) is 5.86. The number of hydrogen-bond acceptors (Lipinski definition) is 5. The second-order valence-corrected chi connectivity index (χ2v) is 7.73. The van der Waals surface area contributed by atoms with Crippen LogP contribution in [0.4, 0.5) is 0 Å². The van der Waals surface area contributed by atoms with Crippen LogP contribution < -0.4 is 16.2 Å². The van der Waals surface area contributed by atoms with Gasteiger partial charge in [0, 0.05) is 11.6 Å².